The normalized spacial score (nSPS) is 11.5. The molecule has 0 aliphatic heterocycles. The maximum absolute atomic E-state index is 12.0. The second-order valence-corrected chi connectivity index (χ2v) is 6.69. The first kappa shape index (κ1) is 18.7. The summed E-state index contributed by atoms with van der Waals surface area (Å²) in [5.41, 5.74) is 1.76. The number of rotatable bonds is 6. The second kappa shape index (κ2) is 8.43. The van der Waals surface area contributed by atoms with Crippen LogP contribution in [0.4, 0.5) is 5.69 Å². The topological polar surface area (TPSA) is 81.7 Å². The van der Waals surface area contributed by atoms with Gasteiger partial charge < -0.3 is 14.8 Å². The Bertz CT molecular complexity index is 802. The van der Waals surface area contributed by atoms with Crippen molar-refractivity contribution >= 4 is 28.4 Å². The van der Waals surface area contributed by atoms with Gasteiger partial charge in [0.1, 0.15) is 5.75 Å². The highest BCUT2D eigenvalue weighted by Crippen LogP contribution is 2.25. The van der Waals surface area contributed by atoms with Crippen molar-refractivity contribution in [1.82, 2.24) is 0 Å². The van der Waals surface area contributed by atoms with Crippen LogP contribution in [0.3, 0.4) is 0 Å². The van der Waals surface area contributed by atoms with Gasteiger partial charge in [0, 0.05) is 22.0 Å². The van der Waals surface area contributed by atoms with Gasteiger partial charge in [0.05, 0.1) is 18.4 Å². The molecule has 0 heterocycles. The van der Waals surface area contributed by atoms with Crippen LogP contribution in [0.25, 0.3) is 0 Å². The third-order valence-corrected chi connectivity index (χ3v) is 4.32. The quantitative estimate of drug-likeness (QED) is 0.800. The summed E-state index contributed by atoms with van der Waals surface area (Å²) in [6.45, 7) is 1.47. The molecule has 0 spiro atoms. The van der Waals surface area contributed by atoms with Crippen molar-refractivity contribution in [2.24, 2.45) is 0 Å². The van der Waals surface area contributed by atoms with Crippen LogP contribution < -0.4 is 10.1 Å². The van der Waals surface area contributed by atoms with Crippen molar-refractivity contribution in [1.29, 1.82) is 0 Å². The van der Waals surface area contributed by atoms with Crippen LogP contribution in [0, 0.1) is 6.92 Å². The largest absolute Gasteiger partial charge is 0.495 e. The van der Waals surface area contributed by atoms with Gasteiger partial charge in [-0.25, -0.2) is 4.79 Å². The Morgan fingerprint density at radius 1 is 1.12 bits per heavy atom. The molecule has 0 saturated heterocycles. The van der Waals surface area contributed by atoms with Gasteiger partial charge in [-0.05, 0) is 48.9 Å². The van der Waals surface area contributed by atoms with E-state index in [1.807, 2.05) is 13.0 Å². The van der Waals surface area contributed by atoms with E-state index in [1.54, 1.807) is 30.5 Å². The summed E-state index contributed by atoms with van der Waals surface area (Å²) in [7, 11) is 0.390. The summed E-state index contributed by atoms with van der Waals surface area (Å²) in [5, 5.41) is 2.65. The molecule has 0 aliphatic carbocycles. The van der Waals surface area contributed by atoms with E-state index < -0.39 is 29.3 Å². The lowest BCUT2D eigenvalue weighted by Crippen LogP contribution is -2.21. The van der Waals surface area contributed by atoms with E-state index in [1.165, 1.54) is 19.2 Å². The third kappa shape index (κ3) is 5.15. The van der Waals surface area contributed by atoms with Crippen LogP contribution in [0.5, 0.6) is 5.75 Å². The number of aryl methyl sites for hydroxylation is 1. The average molecular weight is 361 g/mol. The molecule has 1 N–H and O–H groups in total. The molecule has 6 nitrogen and oxygen atoms in total. The van der Waals surface area contributed by atoms with E-state index in [0.29, 0.717) is 16.3 Å². The fourth-order valence-corrected chi connectivity index (χ4v) is 2.62. The SMILES string of the molecule is COc1ccc(C)cc1NC(=O)COC(=O)c1ccc(S(C)=O)cc1. The van der Waals surface area contributed by atoms with Crippen molar-refractivity contribution in [2.45, 2.75) is 11.8 Å². The number of carbonyl (C=O) groups is 2. The fraction of sp³-hybridized carbons (Fsp3) is 0.222. The van der Waals surface area contributed by atoms with Gasteiger partial charge >= 0.3 is 5.97 Å². The first-order valence-electron chi connectivity index (χ1n) is 7.46. The van der Waals surface area contributed by atoms with E-state index in [-0.39, 0.29) is 5.56 Å². The molecule has 2 aromatic rings. The standard InChI is InChI=1S/C18H19NO5S/c1-12-4-9-16(23-2)15(10-12)19-17(20)11-24-18(21)13-5-7-14(8-6-13)25(3)22/h4-10H,11H2,1-3H3,(H,19,20). The third-order valence-electron chi connectivity index (χ3n) is 3.39. The molecular formula is C18H19NO5S. The average Bonchev–Trinajstić information content (AvgIpc) is 2.60. The van der Waals surface area contributed by atoms with E-state index >= 15 is 0 Å². The minimum absolute atomic E-state index is 0.287. The zero-order valence-corrected chi connectivity index (χ0v) is 15.0. The van der Waals surface area contributed by atoms with Gasteiger partial charge in [0.2, 0.25) is 0 Å². The van der Waals surface area contributed by atoms with Crippen LogP contribution in [-0.2, 0) is 20.3 Å². The van der Waals surface area contributed by atoms with Crippen molar-refractivity contribution in [3.63, 3.8) is 0 Å². The van der Waals surface area contributed by atoms with Gasteiger partial charge in [-0.3, -0.25) is 9.00 Å². The predicted molar refractivity (Wildman–Crippen MR) is 95.4 cm³/mol. The Morgan fingerprint density at radius 3 is 2.40 bits per heavy atom. The van der Waals surface area contributed by atoms with Crippen LogP contribution in [-0.4, -0.2) is 36.1 Å². The lowest BCUT2D eigenvalue weighted by atomic mass is 10.2. The zero-order valence-electron chi connectivity index (χ0n) is 14.2. The first-order chi connectivity index (χ1) is 11.9. The zero-order chi connectivity index (χ0) is 18.4. The second-order valence-electron chi connectivity index (χ2n) is 5.31. The number of anilines is 1. The van der Waals surface area contributed by atoms with Gasteiger partial charge in [0.15, 0.2) is 6.61 Å². The van der Waals surface area contributed by atoms with Crippen molar-refractivity contribution in [3.8, 4) is 5.75 Å². The maximum atomic E-state index is 12.0. The smallest absolute Gasteiger partial charge is 0.338 e. The van der Waals surface area contributed by atoms with Gasteiger partial charge in [-0.15, -0.1) is 0 Å². The highest BCUT2D eigenvalue weighted by Gasteiger charge is 2.12. The molecule has 25 heavy (non-hydrogen) atoms. The van der Waals surface area contributed by atoms with Crippen LogP contribution >= 0.6 is 0 Å². The molecule has 1 amide bonds. The molecule has 7 heteroatoms. The minimum atomic E-state index is -1.12. The summed E-state index contributed by atoms with van der Waals surface area (Å²) in [5.74, 6) is -0.572. The highest BCUT2D eigenvalue weighted by atomic mass is 32.2. The molecule has 0 aliphatic rings. The summed E-state index contributed by atoms with van der Waals surface area (Å²) < 4.78 is 21.5. The highest BCUT2D eigenvalue weighted by molar-refractivity contribution is 7.84. The van der Waals surface area contributed by atoms with Crippen LogP contribution in [0.15, 0.2) is 47.4 Å². The number of ether oxygens (including phenoxy) is 2. The van der Waals surface area contributed by atoms with Crippen molar-refractivity contribution in [3.05, 3.63) is 53.6 Å². The lowest BCUT2D eigenvalue weighted by molar-refractivity contribution is -0.119. The van der Waals surface area contributed by atoms with Crippen LogP contribution in [0.1, 0.15) is 15.9 Å². The number of esters is 1. The van der Waals surface area contributed by atoms with Crippen LogP contribution in [0.2, 0.25) is 0 Å². The molecular weight excluding hydrogens is 342 g/mol. The molecule has 1 atom stereocenters. The van der Waals surface area contributed by atoms with E-state index in [4.69, 9.17) is 9.47 Å². The number of nitrogens with one attached hydrogen (secondary N) is 1. The maximum Gasteiger partial charge on any atom is 0.338 e. The minimum Gasteiger partial charge on any atom is -0.495 e. The first-order valence-corrected chi connectivity index (χ1v) is 9.01. The molecule has 2 rings (SSSR count). The number of methoxy groups -OCH3 is 1. The lowest BCUT2D eigenvalue weighted by Gasteiger charge is -2.11. The molecule has 0 saturated carbocycles. The number of benzene rings is 2. The number of hydrogen-bond donors (Lipinski definition) is 1. The predicted octanol–water partition coefficient (Wildman–Crippen LogP) is 2.54. The fourth-order valence-electron chi connectivity index (χ4n) is 2.10. The molecule has 1 unspecified atom stereocenters. The molecule has 132 valence electrons. The van der Waals surface area contributed by atoms with Crippen molar-refractivity contribution in [2.75, 3.05) is 25.3 Å². The Morgan fingerprint density at radius 2 is 1.80 bits per heavy atom. The van der Waals surface area contributed by atoms with E-state index in [0.717, 1.165) is 5.56 Å². The van der Waals surface area contributed by atoms with Gasteiger partial charge in [-0.1, -0.05) is 6.07 Å². The number of carbonyl (C=O) groups excluding carboxylic acids is 2. The Balaban J connectivity index is 1.94. The molecule has 0 fully saturated rings. The summed E-state index contributed by atoms with van der Waals surface area (Å²) in [4.78, 5) is 24.6. The summed E-state index contributed by atoms with van der Waals surface area (Å²) in [6.07, 6.45) is 1.55. The summed E-state index contributed by atoms with van der Waals surface area (Å²) >= 11 is 0. The molecule has 0 aromatic heterocycles. The number of hydrogen-bond acceptors (Lipinski definition) is 5. The summed E-state index contributed by atoms with van der Waals surface area (Å²) in [6, 6.07) is 11.6. The molecule has 0 radical (unpaired) electrons. The Hall–Kier alpha value is -2.67. The van der Waals surface area contributed by atoms with Gasteiger partial charge in [0.25, 0.3) is 5.91 Å². The Labute approximate surface area is 148 Å². The van der Waals surface area contributed by atoms with E-state index in [9.17, 15) is 13.8 Å². The molecule has 0 bridgehead atoms. The molecule has 2 aromatic carbocycles. The number of amides is 1. The monoisotopic (exact) mass is 361 g/mol. The Kier molecular flexibility index (Phi) is 6.30. The van der Waals surface area contributed by atoms with Gasteiger partial charge in [-0.2, -0.15) is 0 Å². The van der Waals surface area contributed by atoms with E-state index in [2.05, 4.69) is 5.32 Å². The van der Waals surface area contributed by atoms with Crippen molar-refractivity contribution < 1.29 is 23.3 Å².